The van der Waals surface area contributed by atoms with Gasteiger partial charge in [0.05, 0.1) is 25.9 Å². The third-order valence-corrected chi connectivity index (χ3v) is 5.05. The third kappa shape index (κ3) is 6.57. The largest absolute Gasteiger partial charge is 0.377 e. The first-order chi connectivity index (χ1) is 12.7. The Morgan fingerprint density at radius 1 is 1.33 bits per heavy atom. The molecule has 1 unspecified atom stereocenters. The van der Waals surface area contributed by atoms with E-state index in [0.29, 0.717) is 26.3 Å². The summed E-state index contributed by atoms with van der Waals surface area (Å²) >= 11 is 0. The molecule has 1 aliphatic carbocycles. The van der Waals surface area contributed by atoms with E-state index in [4.69, 9.17) is 9.47 Å². The Kier molecular flexibility index (Phi) is 9.25. The van der Waals surface area contributed by atoms with Crippen molar-refractivity contribution in [2.75, 3.05) is 39.5 Å². The highest BCUT2D eigenvalue weighted by atomic mass is 127. The number of hydrogen-bond donors (Lipinski definition) is 2. The van der Waals surface area contributed by atoms with Crippen molar-refractivity contribution in [3.05, 3.63) is 35.6 Å². The summed E-state index contributed by atoms with van der Waals surface area (Å²) in [5, 5.41) is 6.54. The Bertz CT molecular complexity index is 605. The molecule has 152 valence electrons. The fraction of sp³-hybridized carbons (Fsp3) is 0.650. The predicted molar refractivity (Wildman–Crippen MR) is 117 cm³/mol. The molecular weight excluding hydrogens is 460 g/mol. The van der Waals surface area contributed by atoms with Crippen molar-refractivity contribution in [2.24, 2.45) is 4.99 Å². The number of hydrogen-bond acceptors (Lipinski definition) is 3. The Hall–Kier alpha value is -0.930. The van der Waals surface area contributed by atoms with Crippen LogP contribution in [0.4, 0.5) is 4.39 Å². The number of guanidine groups is 1. The number of ether oxygens (including phenoxy) is 2. The van der Waals surface area contributed by atoms with E-state index in [0.717, 1.165) is 50.4 Å². The lowest BCUT2D eigenvalue weighted by Crippen LogP contribution is -2.39. The van der Waals surface area contributed by atoms with Crippen LogP contribution >= 0.6 is 24.0 Å². The number of nitrogens with one attached hydrogen (secondary N) is 2. The first-order valence-corrected chi connectivity index (χ1v) is 9.70. The first-order valence-electron chi connectivity index (χ1n) is 9.70. The van der Waals surface area contributed by atoms with Gasteiger partial charge in [-0.3, -0.25) is 4.99 Å². The molecule has 1 saturated carbocycles. The normalized spacial score (nSPS) is 20.8. The summed E-state index contributed by atoms with van der Waals surface area (Å²) in [4.78, 5) is 4.69. The summed E-state index contributed by atoms with van der Waals surface area (Å²) in [6.07, 6.45) is 4.46. The van der Waals surface area contributed by atoms with Gasteiger partial charge in [-0.1, -0.05) is 18.2 Å². The number of nitrogens with zero attached hydrogens (tertiary/aromatic N) is 1. The fourth-order valence-electron chi connectivity index (χ4n) is 3.36. The van der Waals surface area contributed by atoms with E-state index in [1.807, 2.05) is 19.1 Å². The van der Waals surface area contributed by atoms with Gasteiger partial charge in [0.15, 0.2) is 5.96 Å². The molecule has 0 aromatic heterocycles. The predicted octanol–water partition coefficient (Wildman–Crippen LogP) is 3.23. The topological polar surface area (TPSA) is 54.9 Å². The first kappa shape index (κ1) is 22.4. The van der Waals surface area contributed by atoms with Crippen LogP contribution in [0.5, 0.6) is 0 Å². The quantitative estimate of drug-likeness (QED) is 0.241. The second kappa shape index (κ2) is 11.2. The van der Waals surface area contributed by atoms with E-state index in [1.54, 1.807) is 6.07 Å². The second-order valence-corrected chi connectivity index (χ2v) is 7.09. The highest BCUT2D eigenvalue weighted by Crippen LogP contribution is 2.49. The van der Waals surface area contributed by atoms with Gasteiger partial charge in [0.25, 0.3) is 0 Å². The summed E-state index contributed by atoms with van der Waals surface area (Å²) in [6, 6.07) is 7.06. The lowest BCUT2D eigenvalue weighted by Gasteiger charge is -2.17. The van der Waals surface area contributed by atoms with Crippen LogP contribution in [-0.2, 0) is 14.9 Å². The zero-order valence-electron chi connectivity index (χ0n) is 16.0. The highest BCUT2D eigenvalue weighted by molar-refractivity contribution is 14.0. The fourth-order valence-corrected chi connectivity index (χ4v) is 3.36. The Morgan fingerprint density at radius 3 is 2.81 bits per heavy atom. The monoisotopic (exact) mass is 491 g/mol. The van der Waals surface area contributed by atoms with Crippen LogP contribution in [-0.4, -0.2) is 51.5 Å². The molecule has 0 radical (unpaired) electrons. The van der Waals surface area contributed by atoms with E-state index in [1.165, 1.54) is 6.07 Å². The van der Waals surface area contributed by atoms with Gasteiger partial charge in [0.2, 0.25) is 0 Å². The van der Waals surface area contributed by atoms with Crippen molar-refractivity contribution in [2.45, 2.75) is 44.1 Å². The average Bonchev–Trinajstić information content (AvgIpc) is 3.25. The highest BCUT2D eigenvalue weighted by Gasteiger charge is 2.45. The number of aliphatic imine (C=N–C) groups is 1. The molecule has 2 N–H and O–H groups in total. The minimum Gasteiger partial charge on any atom is -0.377 e. The molecule has 0 bridgehead atoms. The third-order valence-electron chi connectivity index (χ3n) is 5.05. The van der Waals surface area contributed by atoms with E-state index in [2.05, 4.69) is 15.6 Å². The van der Waals surface area contributed by atoms with Gasteiger partial charge < -0.3 is 20.1 Å². The van der Waals surface area contributed by atoms with E-state index in [9.17, 15) is 4.39 Å². The van der Waals surface area contributed by atoms with Crippen LogP contribution < -0.4 is 10.6 Å². The minimum absolute atomic E-state index is 0. The summed E-state index contributed by atoms with van der Waals surface area (Å²) in [6.45, 7) is 6.23. The van der Waals surface area contributed by atoms with Crippen molar-refractivity contribution in [1.29, 1.82) is 0 Å². The minimum atomic E-state index is -0.135. The summed E-state index contributed by atoms with van der Waals surface area (Å²) in [5.74, 6) is 0.636. The van der Waals surface area contributed by atoms with Crippen molar-refractivity contribution in [3.8, 4) is 0 Å². The van der Waals surface area contributed by atoms with Gasteiger partial charge in [-0.25, -0.2) is 4.39 Å². The lowest BCUT2D eigenvalue weighted by molar-refractivity contribution is 0.0191. The smallest absolute Gasteiger partial charge is 0.191 e. The molecule has 1 aromatic rings. The van der Waals surface area contributed by atoms with Gasteiger partial charge in [-0.2, -0.15) is 0 Å². The standard InChI is InChI=1S/C20H30FN3O2.HI/c1-2-22-19(23-11-13-25-14-16-6-5-12-26-16)24-15-20(9-10-20)17-7-3-4-8-18(17)21;/h3-4,7-8,16H,2,5-6,9-15H2,1H3,(H2,22,23,24);1H. The molecule has 5 nitrogen and oxygen atoms in total. The number of benzene rings is 1. The van der Waals surface area contributed by atoms with Gasteiger partial charge in [0, 0.05) is 25.1 Å². The molecule has 3 rings (SSSR count). The van der Waals surface area contributed by atoms with Crippen molar-refractivity contribution in [1.82, 2.24) is 10.6 Å². The molecule has 2 aliphatic rings. The van der Waals surface area contributed by atoms with Crippen LogP contribution in [0.25, 0.3) is 0 Å². The van der Waals surface area contributed by atoms with Crippen LogP contribution in [0.15, 0.2) is 29.3 Å². The van der Waals surface area contributed by atoms with Crippen LogP contribution in [0.3, 0.4) is 0 Å². The summed E-state index contributed by atoms with van der Waals surface area (Å²) in [7, 11) is 0. The molecule has 0 spiro atoms. The maximum atomic E-state index is 14.1. The number of halogens is 2. The second-order valence-electron chi connectivity index (χ2n) is 7.09. The summed E-state index contributed by atoms with van der Waals surface area (Å²) in [5.41, 5.74) is 0.656. The molecule has 1 atom stereocenters. The average molecular weight is 491 g/mol. The number of rotatable bonds is 9. The van der Waals surface area contributed by atoms with E-state index >= 15 is 0 Å². The summed E-state index contributed by atoms with van der Waals surface area (Å²) < 4.78 is 25.3. The Morgan fingerprint density at radius 2 is 2.15 bits per heavy atom. The zero-order chi connectivity index (χ0) is 18.2. The van der Waals surface area contributed by atoms with Gasteiger partial charge in [-0.05, 0) is 44.2 Å². The van der Waals surface area contributed by atoms with Crippen molar-refractivity contribution >= 4 is 29.9 Å². The molecule has 1 saturated heterocycles. The molecule has 1 aliphatic heterocycles. The lowest BCUT2D eigenvalue weighted by atomic mass is 9.95. The SMILES string of the molecule is CCNC(=NCC1(c2ccccc2F)CC1)NCCOCC1CCCO1.I. The molecule has 2 fully saturated rings. The molecular formula is C20H31FIN3O2. The van der Waals surface area contributed by atoms with Crippen LogP contribution in [0.2, 0.25) is 0 Å². The zero-order valence-corrected chi connectivity index (χ0v) is 18.3. The molecule has 7 heteroatoms. The van der Waals surface area contributed by atoms with Gasteiger partial charge in [-0.15, -0.1) is 24.0 Å². The Balaban J connectivity index is 0.00000261. The van der Waals surface area contributed by atoms with Crippen LogP contribution in [0.1, 0.15) is 38.2 Å². The molecule has 1 aromatic carbocycles. The maximum Gasteiger partial charge on any atom is 0.191 e. The molecule has 27 heavy (non-hydrogen) atoms. The van der Waals surface area contributed by atoms with Gasteiger partial charge >= 0.3 is 0 Å². The van der Waals surface area contributed by atoms with Crippen molar-refractivity contribution in [3.63, 3.8) is 0 Å². The Labute approximate surface area is 178 Å². The van der Waals surface area contributed by atoms with Crippen molar-refractivity contribution < 1.29 is 13.9 Å². The molecule has 1 heterocycles. The van der Waals surface area contributed by atoms with E-state index < -0.39 is 0 Å². The maximum absolute atomic E-state index is 14.1. The van der Waals surface area contributed by atoms with Gasteiger partial charge in [0.1, 0.15) is 5.82 Å². The van der Waals surface area contributed by atoms with E-state index in [-0.39, 0.29) is 41.3 Å². The molecule has 0 amide bonds. The van der Waals surface area contributed by atoms with Crippen LogP contribution in [0, 0.1) is 5.82 Å².